The second-order valence-electron chi connectivity index (χ2n) is 6.93. The molecule has 0 saturated carbocycles. The lowest BCUT2D eigenvalue weighted by Crippen LogP contribution is -2.47. The van der Waals surface area contributed by atoms with Crippen LogP contribution in [0, 0.1) is 0 Å². The number of carboxylic acid groups (broad SMARTS) is 1. The zero-order valence-corrected chi connectivity index (χ0v) is 15.6. The van der Waals surface area contributed by atoms with E-state index in [1.165, 1.54) is 0 Å². The maximum atomic E-state index is 11.4. The number of hydrogen-bond acceptors (Lipinski definition) is 7. The predicted molar refractivity (Wildman–Crippen MR) is 110 cm³/mol. The van der Waals surface area contributed by atoms with Crippen molar-refractivity contribution >= 4 is 39.3 Å². The van der Waals surface area contributed by atoms with Gasteiger partial charge in [0.15, 0.2) is 0 Å². The normalized spacial score (nSPS) is 14.5. The van der Waals surface area contributed by atoms with Crippen molar-refractivity contribution in [2.24, 2.45) is 0 Å². The number of nitrogens with zero attached hydrogens (tertiary/aromatic N) is 6. The van der Waals surface area contributed by atoms with Gasteiger partial charge in [0.1, 0.15) is 11.6 Å². The Balaban J connectivity index is 1.54. The molecule has 4 aromatic rings. The van der Waals surface area contributed by atoms with E-state index in [0.717, 1.165) is 54.0 Å². The van der Waals surface area contributed by atoms with E-state index in [-0.39, 0.29) is 5.56 Å². The van der Waals surface area contributed by atoms with Gasteiger partial charge in [-0.25, -0.2) is 14.8 Å². The van der Waals surface area contributed by atoms with Crippen LogP contribution in [0.25, 0.3) is 21.7 Å². The number of carboxylic acids is 1. The van der Waals surface area contributed by atoms with Gasteiger partial charge in [-0.15, -0.1) is 0 Å². The first-order chi connectivity index (χ1) is 14.2. The Hall–Kier alpha value is -3.81. The molecule has 0 atom stereocenters. The minimum Gasteiger partial charge on any atom is -0.478 e. The first-order valence-electron chi connectivity index (χ1n) is 9.37. The maximum Gasteiger partial charge on any atom is 0.335 e. The lowest BCUT2D eigenvalue weighted by molar-refractivity contribution is 0.0697. The van der Waals surface area contributed by atoms with E-state index in [9.17, 15) is 9.90 Å². The second-order valence-corrected chi connectivity index (χ2v) is 6.93. The molecular weight excluding hydrogens is 368 g/mol. The minimum absolute atomic E-state index is 0.228. The van der Waals surface area contributed by atoms with Crippen LogP contribution in [0.1, 0.15) is 10.4 Å². The summed E-state index contributed by atoms with van der Waals surface area (Å²) in [5.41, 5.74) is 0.892. The average molecular weight is 386 g/mol. The van der Waals surface area contributed by atoms with Crippen molar-refractivity contribution in [1.82, 2.24) is 19.9 Å². The summed E-state index contributed by atoms with van der Waals surface area (Å²) in [6.45, 7) is 3.18. The van der Waals surface area contributed by atoms with Gasteiger partial charge in [0.2, 0.25) is 0 Å². The maximum absolute atomic E-state index is 11.4. The molecule has 3 aromatic heterocycles. The lowest BCUT2D eigenvalue weighted by atomic mass is 10.1. The molecular formula is C21H18N6O2. The van der Waals surface area contributed by atoms with Gasteiger partial charge in [-0.2, -0.15) is 0 Å². The Morgan fingerprint density at radius 3 is 2.41 bits per heavy atom. The second kappa shape index (κ2) is 6.97. The molecule has 1 aliphatic rings. The van der Waals surface area contributed by atoms with Gasteiger partial charge in [0.05, 0.1) is 17.3 Å². The molecule has 8 nitrogen and oxygen atoms in total. The molecule has 1 N–H and O–H groups in total. The molecule has 1 aliphatic heterocycles. The number of aromatic nitrogens is 4. The molecule has 8 heteroatoms. The Bertz CT molecular complexity index is 1210. The van der Waals surface area contributed by atoms with Crippen LogP contribution in [-0.4, -0.2) is 57.2 Å². The van der Waals surface area contributed by atoms with Crippen LogP contribution in [-0.2, 0) is 0 Å². The van der Waals surface area contributed by atoms with E-state index in [4.69, 9.17) is 4.98 Å². The molecule has 0 aliphatic carbocycles. The number of aromatic carboxylic acids is 1. The third-order valence-corrected chi connectivity index (χ3v) is 5.28. The van der Waals surface area contributed by atoms with E-state index < -0.39 is 5.97 Å². The largest absolute Gasteiger partial charge is 0.478 e. The summed E-state index contributed by atoms with van der Waals surface area (Å²) in [5.74, 6) is 0.772. The van der Waals surface area contributed by atoms with Gasteiger partial charge in [0.25, 0.3) is 0 Å². The monoisotopic (exact) mass is 386 g/mol. The summed E-state index contributed by atoms with van der Waals surface area (Å²) in [7, 11) is 0. The van der Waals surface area contributed by atoms with Crippen LogP contribution in [0.2, 0.25) is 0 Å². The van der Waals surface area contributed by atoms with E-state index in [1.54, 1.807) is 36.9 Å². The number of carbonyl (C=O) groups is 1. The SMILES string of the molecule is O=C(O)c1ccc2c(c1)nc(N1CCN(c3cnccn3)CC1)c1ccncc12. The van der Waals surface area contributed by atoms with Crippen molar-refractivity contribution in [1.29, 1.82) is 0 Å². The third kappa shape index (κ3) is 3.08. The van der Waals surface area contributed by atoms with E-state index in [1.807, 2.05) is 18.3 Å². The Labute approximate surface area is 166 Å². The Morgan fingerprint density at radius 1 is 0.862 bits per heavy atom. The molecule has 1 fully saturated rings. The quantitative estimate of drug-likeness (QED) is 0.537. The van der Waals surface area contributed by atoms with Crippen LogP contribution in [0.4, 0.5) is 11.6 Å². The molecule has 0 unspecified atom stereocenters. The number of hydrogen-bond donors (Lipinski definition) is 1. The summed E-state index contributed by atoms with van der Waals surface area (Å²) in [4.78, 5) is 33.5. The first kappa shape index (κ1) is 17.3. The minimum atomic E-state index is -0.959. The van der Waals surface area contributed by atoms with Crippen molar-refractivity contribution in [3.8, 4) is 0 Å². The van der Waals surface area contributed by atoms with E-state index in [2.05, 4.69) is 24.8 Å². The molecule has 1 aromatic carbocycles. The zero-order chi connectivity index (χ0) is 19.8. The Morgan fingerprint density at radius 2 is 1.66 bits per heavy atom. The van der Waals surface area contributed by atoms with Crippen LogP contribution < -0.4 is 9.80 Å². The number of fused-ring (bicyclic) bond motifs is 3. The summed E-state index contributed by atoms with van der Waals surface area (Å²) in [6, 6.07) is 7.02. The lowest BCUT2D eigenvalue weighted by Gasteiger charge is -2.36. The van der Waals surface area contributed by atoms with Crippen molar-refractivity contribution in [3.05, 3.63) is 60.8 Å². The number of piperazine rings is 1. The standard InChI is InChI=1S/C21H18N6O2/c28-21(29)14-1-2-15-17-12-22-4-3-16(17)20(25-18(15)11-14)27-9-7-26(8-10-27)19-13-23-5-6-24-19/h1-6,11-13H,7-10H2,(H,28,29). The van der Waals surface area contributed by atoms with Crippen LogP contribution in [0.3, 0.4) is 0 Å². The summed E-state index contributed by atoms with van der Waals surface area (Å²) < 4.78 is 0. The number of rotatable bonds is 3. The summed E-state index contributed by atoms with van der Waals surface area (Å²) in [6.07, 6.45) is 8.73. The molecule has 5 rings (SSSR count). The molecule has 29 heavy (non-hydrogen) atoms. The van der Waals surface area contributed by atoms with Gasteiger partial charge in [-0.05, 0) is 18.2 Å². The van der Waals surface area contributed by atoms with Gasteiger partial charge in [-0.1, -0.05) is 6.07 Å². The van der Waals surface area contributed by atoms with Crippen LogP contribution in [0.15, 0.2) is 55.2 Å². The highest BCUT2D eigenvalue weighted by molar-refractivity contribution is 6.11. The first-order valence-corrected chi connectivity index (χ1v) is 9.37. The van der Waals surface area contributed by atoms with Gasteiger partial charge >= 0.3 is 5.97 Å². The molecule has 0 spiro atoms. The number of anilines is 2. The summed E-state index contributed by atoms with van der Waals surface area (Å²) >= 11 is 0. The third-order valence-electron chi connectivity index (χ3n) is 5.28. The molecule has 0 bridgehead atoms. The zero-order valence-electron chi connectivity index (χ0n) is 15.6. The highest BCUT2D eigenvalue weighted by atomic mass is 16.4. The van der Waals surface area contributed by atoms with Crippen LogP contribution >= 0.6 is 0 Å². The van der Waals surface area contributed by atoms with Crippen molar-refractivity contribution in [3.63, 3.8) is 0 Å². The molecule has 0 radical (unpaired) electrons. The van der Waals surface area contributed by atoms with E-state index >= 15 is 0 Å². The smallest absolute Gasteiger partial charge is 0.335 e. The van der Waals surface area contributed by atoms with Crippen molar-refractivity contribution in [2.45, 2.75) is 0 Å². The van der Waals surface area contributed by atoms with Crippen molar-refractivity contribution < 1.29 is 9.90 Å². The average Bonchev–Trinajstić information content (AvgIpc) is 2.79. The summed E-state index contributed by atoms with van der Waals surface area (Å²) in [5, 5.41) is 12.2. The fourth-order valence-corrected chi connectivity index (χ4v) is 3.81. The fourth-order valence-electron chi connectivity index (χ4n) is 3.81. The Kier molecular flexibility index (Phi) is 4.16. The number of benzene rings is 1. The topological polar surface area (TPSA) is 95.3 Å². The molecule has 0 amide bonds. The molecule has 144 valence electrons. The highest BCUT2D eigenvalue weighted by Crippen LogP contribution is 2.32. The van der Waals surface area contributed by atoms with Crippen LogP contribution in [0.5, 0.6) is 0 Å². The van der Waals surface area contributed by atoms with Gasteiger partial charge in [0, 0.05) is 67.1 Å². The molecule has 4 heterocycles. The van der Waals surface area contributed by atoms with E-state index in [0.29, 0.717) is 5.52 Å². The van der Waals surface area contributed by atoms with Gasteiger partial charge < -0.3 is 14.9 Å². The van der Waals surface area contributed by atoms with Crippen molar-refractivity contribution in [2.75, 3.05) is 36.0 Å². The predicted octanol–water partition coefficient (Wildman–Crippen LogP) is 2.60. The number of pyridine rings is 2. The highest BCUT2D eigenvalue weighted by Gasteiger charge is 2.22. The van der Waals surface area contributed by atoms with Gasteiger partial charge in [-0.3, -0.25) is 9.97 Å². The molecule has 1 saturated heterocycles. The fraction of sp³-hybridized carbons (Fsp3) is 0.190.